The molecule has 0 amide bonds. The van der Waals surface area contributed by atoms with Crippen molar-refractivity contribution in [2.75, 3.05) is 26.2 Å². The van der Waals surface area contributed by atoms with Crippen LogP contribution >= 0.6 is 15.9 Å². The predicted octanol–water partition coefficient (Wildman–Crippen LogP) is 3.94. The fraction of sp³-hybridized carbons (Fsp3) is 0.267. The highest BCUT2D eigenvalue weighted by molar-refractivity contribution is 9.10. The lowest BCUT2D eigenvalue weighted by atomic mass is 10.2. The third kappa shape index (κ3) is 2.88. The molecule has 0 aliphatic rings. The molecule has 0 unspecified atom stereocenters. The lowest BCUT2D eigenvalue weighted by molar-refractivity contribution is 0.395. The molecule has 0 aliphatic carbocycles. The summed E-state index contributed by atoms with van der Waals surface area (Å²) in [5, 5.41) is 0. The van der Waals surface area contributed by atoms with Crippen molar-refractivity contribution in [3.05, 3.63) is 40.5 Å². The van der Waals surface area contributed by atoms with Crippen LogP contribution in [0.2, 0.25) is 0 Å². The Morgan fingerprint density at radius 2 is 1.85 bits per heavy atom. The molecule has 0 spiro atoms. The molecule has 0 saturated heterocycles. The highest BCUT2D eigenvalue weighted by Crippen LogP contribution is 2.35. The van der Waals surface area contributed by atoms with Gasteiger partial charge < -0.3 is 14.4 Å². The number of hydrogen-bond acceptors (Lipinski definition) is 4. The molecule has 20 heavy (non-hydrogen) atoms. The zero-order valence-electron chi connectivity index (χ0n) is 12.0. The minimum Gasteiger partial charge on any atom is -0.497 e. The van der Waals surface area contributed by atoms with E-state index in [9.17, 15) is 0 Å². The predicted molar refractivity (Wildman–Crippen MR) is 84.3 cm³/mol. The van der Waals surface area contributed by atoms with Crippen LogP contribution in [0.3, 0.4) is 0 Å². The molecule has 0 aliphatic heterocycles. The van der Waals surface area contributed by atoms with Crippen LogP contribution < -0.4 is 14.4 Å². The highest BCUT2D eigenvalue weighted by Gasteiger charge is 2.13. The summed E-state index contributed by atoms with van der Waals surface area (Å²) in [5.41, 5.74) is 1.88. The first-order valence-corrected chi connectivity index (χ1v) is 6.95. The molecule has 0 radical (unpaired) electrons. The second-order valence-electron chi connectivity index (χ2n) is 4.33. The minimum absolute atomic E-state index is 0.745. The van der Waals surface area contributed by atoms with Crippen LogP contribution in [-0.4, -0.2) is 26.3 Å². The van der Waals surface area contributed by atoms with E-state index in [-0.39, 0.29) is 0 Å². The van der Waals surface area contributed by atoms with Crippen molar-refractivity contribution in [1.29, 1.82) is 0 Å². The molecule has 1 aromatic heterocycles. The van der Waals surface area contributed by atoms with Crippen LogP contribution in [0.1, 0.15) is 5.69 Å². The Hall–Kier alpha value is -1.75. The summed E-state index contributed by atoms with van der Waals surface area (Å²) >= 11 is 3.46. The van der Waals surface area contributed by atoms with Gasteiger partial charge in [-0.25, -0.2) is 4.98 Å². The first-order chi connectivity index (χ1) is 9.56. The van der Waals surface area contributed by atoms with Crippen molar-refractivity contribution in [1.82, 2.24) is 4.98 Å². The Morgan fingerprint density at radius 3 is 2.45 bits per heavy atom. The van der Waals surface area contributed by atoms with Gasteiger partial charge in [-0.1, -0.05) is 0 Å². The summed E-state index contributed by atoms with van der Waals surface area (Å²) in [5.74, 6) is 2.36. The minimum atomic E-state index is 0.745. The maximum absolute atomic E-state index is 5.43. The van der Waals surface area contributed by atoms with Gasteiger partial charge in [-0.05, 0) is 47.1 Å². The topological polar surface area (TPSA) is 34.6 Å². The monoisotopic (exact) mass is 336 g/mol. The van der Waals surface area contributed by atoms with E-state index in [0.29, 0.717) is 0 Å². The van der Waals surface area contributed by atoms with E-state index in [1.54, 1.807) is 14.2 Å². The Morgan fingerprint density at radius 1 is 1.10 bits per heavy atom. The number of halogens is 1. The quantitative estimate of drug-likeness (QED) is 0.846. The van der Waals surface area contributed by atoms with E-state index in [1.165, 1.54) is 0 Å². The number of benzene rings is 1. The molecular weight excluding hydrogens is 320 g/mol. The summed E-state index contributed by atoms with van der Waals surface area (Å²) in [6.07, 6.45) is 0. The first-order valence-electron chi connectivity index (χ1n) is 6.15. The molecule has 0 fully saturated rings. The number of anilines is 2. The van der Waals surface area contributed by atoms with Crippen LogP contribution in [-0.2, 0) is 0 Å². The molecular formula is C15H17BrN2O2. The van der Waals surface area contributed by atoms with Gasteiger partial charge in [0.25, 0.3) is 0 Å². The summed E-state index contributed by atoms with van der Waals surface area (Å²) in [7, 11) is 5.24. The van der Waals surface area contributed by atoms with E-state index in [0.717, 1.165) is 33.2 Å². The molecule has 0 atom stereocenters. The molecule has 1 aromatic carbocycles. The van der Waals surface area contributed by atoms with Crippen molar-refractivity contribution < 1.29 is 9.47 Å². The molecule has 0 bridgehead atoms. The zero-order valence-corrected chi connectivity index (χ0v) is 13.6. The second-order valence-corrected chi connectivity index (χ2v) is 5.19. The summed E-state index contributed by atoms with van der Waals surface area (Å²) < 4.78 is 11.6. The van der Waals surface area contributed by atoms with Gasteiger partial charge in [-0.15, -0.1) is 0 Å². The maximum Gasteiger partial charge on any atom is 0.146 e. The number of aromatic nitrogens is 1. The first kappa shape index (κ1) is 14.7. The Kier molecular flexibility index (Phi) is 4.49. The average Bonchev–Trinajstić information content (AvgIpc) is 2.48. The van der Waals surface area contributed by atoms with Crippen molar-refractivity contribution in [2.24, 2.45) is 0 Å². The molecule has 106 valence electrons. The van der Waals surface area contributed by atoms with Crippen molar-refractivity contribution in [3.8, 4) is 11.5 Å². The molecule has 4 nitrogen and oxygen atoms in total. The zero-order chi connectivity index (χ0) is 14.7. The molecule has 2 rings (SSSR count). The van der Waals surface area contributed by atoms with Crippen molar-refractivity contribution >= 4 is 27.4 Å². The van der Waals surface area contributed by atoms with Crippen molar-refractivity contribution in [3.63, 3.8) is 0 Å². The Labute approximate surface area is 127 Å². The smallest absolute Gasteiger partial charge is 0.146 e. The SMILES string of the molecule is COc1ccc(N(C)c2ccc(Br)c(C)n2)c(OC)c1. The lowest BCUT2D eigenvalue weighted by Gasteiger charge is -2.21. The van der Waals surface area contributed by atoms with Gasteiger partial charge in [0.1, 0.15) is 17.3 Å². The van der Waals surface area contributed by atoms with E-state index in [4.69, 9.17) is 9.47 Å². The normalized spacial score (nSPS) is 10.2. The summed E-state index contributed by atoms with van der Waals surface area (Å²) in [6.45, 7) is 1.96. The van der Waals surface area contributed by atoms with Gasteiger partial charge in [-0.3, -0.25) is 0 Å². The standard InChI is InChI=1S/C15H17BrN2O2/c1-10-12(16)6-8-15(17-10)18(2)13-7-5-11(19-3)9-14(13)20-4/h5-9H,1-4H3. The third-order valence-corrected chi connectivity index (χ3v) is 3.94. The van der Waals surface area contributed by atoms with Crippen LogP contribution in [0, 0.1) is 6.92 Å². The van der Waals surface area contributed by atoms with Gasteiger partial charge in [0.15, 0.2) is 0 Å². The molecule has 2 aromatic rings. The van der Waals surface area contributed by atoms with Gasteiger partial charge in [0, 0.05) is 17.6 Å². The maximum atomic E-state index is 5.43. The number of rotatable bonds is 4. The number of methoxy groups -OCH3 is 2. The molecule has 5 heteroatoms. The van der Waals surface area contributed by atoms with Crippen LogP contribution in [0.4, 0.5) is 11.5 Å². The van der Waals surface area contributed by atoms with Gasteiger partial charge in [-0.2, -0.15) is 0 Å². The number of nitrogens with zero attached hydrogens (tertiary/aromatic N) is 2. The van der Waals surface area contributed by atoms with Gasteiger partial charge in [0.05, 0.1) is 25.6 Å². The Bertz CT molecular complexity index is 617. The van der Waals surface area contributed by atoms with Crippen LogP contribution in [0.5, 0.6) is 11.5 Å². The number of pyridine rings is 1. The summed E-state index contributed by atoms with van der Waals surface area (Å²) in [4.78, 5) is 6.54. The van der Waals surface area contributed by atoms with E-state index in [2.05, 4.69) is 20.9 Å². The number of aryl methyl sites for hydroxylation is 1. The molecule has 0 N–H and O–H groups in total. The summed E-state index contributed by atoms with van der Waals surface area (Å²) in [6, 6.07) is 9.67. The van der Waals surface area contributed by atoms with Crippen LogP contribution in [0.15, 0.2) is 34.8 Å². The fourth-order valence-corrected chi connectivity index (χ4v) is 2.12. The molecule has 0 saturated carbocycles. The van der Waals surface area contributed by atoms with E-state index in [1.807, 2.05) is 49.2 Å². The third-order valence-electron chi connectivity index (χ3n) is 3.10. The number of ether oxygens (including phenoxy) is 2. The van der Waals surface area contributed by atoms with Gasteiger partial charge >= 0.3 is 0 Å². The van der Waals surface area contributed by atoms with E-state index < -0.39 is 0 Å². The largest absolute Gasteiger partial charge is 0.497 e. The number of hydrogen-bond donors (Lipinski definition) is 0. The highest BCUT2D eigenvalue weighted by atomic mass is 79.9. The lowest BCUT2D eigenvalue weighted by Crippen LogP contribution is -2.12. The Balaban J connectivity index is 2.41. The van der Waals surface area contributed by atoms with Gasteiger partial charge in [0.2, 0.25) is 0 Å². The van der Waals surface area contributed by atoms with Crippen LogP contribution in [0.25, 0.3) is 0 Å². The second kappa shape index (κ2) is 6.13. The van der Waals surface area contributed by atoms with Crippen molar-refractivity contribution in [2.45, 2.75) is 6.92 Å². The fourth-order valence-electron chi connectivity index (χ4n) is 1.90. The molecule has 1 heterocycles. The van der Waals surface area contributed by atoms with E-state index >= 15 is 0 Å². The average molecular weight is 337 g/mol.